The second kappa shape index (κ2) is 5.23. The maximum Gasteiger partial charge on any atom is 0.205 e. The molecule has 84 valence electrons. The largest absolute Gasteiger partial charge is 0.258 e. The predicted octanol–water partition coefficient (Wildman–Crippen LogP) is 2.72. The molecule has 0 N–H and O–H groups in total. The fourth-order valence-corrected chi connectivity index (χ4v) is 2.72. The van der Waals surface area contributed by atoms with Gasteiger partial charge >= 0.3 is 0 Å². The average molecular weight is 251 g/mol. The smallest absolute Gasteiger partial charge is 0.205 e. The van der Waals surface area contributed by atoms with E-state index < -0.39 is 0 Å². The molecule has 0 aliphatic carbocycles. The summed E-state index contributed by atoms with van der Waals surface area (Å²) in [6.07, 6.45) is 1.87. The van der Waals surface area contributed by atoms with E-state index in [1.807, 2.05) is 36.2 Å². The number of thiophene rings is 1. The minimum Gasteiger partial charge on any atom is -0.258 e. The molecule has 0 radical (unpaired) electrons. The van der Waals surface area contributed by atoms with Crippen molar-refractivity contribution in [3.8, 4) is 0 Å². The van der Waals surface area contributed by atoms with Crippen LogP contribution in [0.4, 0.5) is 0 Å². The van der Waals surface area contributed by atoms with Crippen LogP contribution >= 0.6 is 22.7 Å². The van der Waals surface area contributed by atoms with Crippen molar-refractivity contribution in [3.05, 3.63) is 38.3 Å². The van der Waals surface area contributed by atoms with Crippen molar-refractivity contribution in [2.45, 2.75) is 13.8 Å². The molecule has 0 fully saturated rings. The second-order valence-electron chi connectivity index (χ2n) is 3.25. The lowest BCUT2D eigenvalue weighted by Crippen LogP contribution is -2.12. The molecule has 0 saturated heterocycles. The lowest BCUT2D eigenvalue weighted by molar-refractivity contribution is 0.794. The van der Waals surface area contributed by atoms with Gasteiger partial charge in [0.15, 0.2) is 0 Å². The molecule has 3 nitrogen and oxygen atoms in total. The van der Waals surface area contributed by atoms with Crippen LogP contribution < -0.4 is 4.80 Å². The van der Waals surface area contributed by atoms with Crippen molar-refractivity contribution >= 4 is 28.9 Å². The monoisotopic (exact) mass is 251 g/mol. The highest BCUT2D eigenvalue weighted by Crippen LogP contribution is 2.04. The lowest BCUT2D eigenvalue weighted by atomic mass is 10.4. The Labute approximate surface area is 102 Å². The third-order valence-electron chi connectivity index (χ3n) is 2.01. The molecule has 16 heavy (non-hydrogen) atoms. The van der Waals surface area contributed by atoms with Crippen LogP contribution in [0.5, 0.6) is 0 Å². The molecule has 0 atom stereocenters. The summed E-state index contributed by atoms with van der Waals surface area (Å²) in [6, 6.07) is 2.05. The van der Waals surface area contributed by atoms with E-state index in [4.69, 9.17) is 0 Å². The van der Waals surface area contributed by atoms with Crippen LogP contribution in [0, 0.1) is 6.92 Å². The third-order valence-corrected chi connectivity index (χ3v) is 3.68. The summed E-state index contributed by atoms with van der Waals surface area (Å²) in [5.74, 6) is 0. The van der Waals surface area contributed by atoms with Gasteiger partial charge in [-0.3, -0.25) is 4.99 Å². The van der Waals surface area contributed by atoms with Gasteiger partial charge in [-0.1, -0.05) is 0 Å². The quantitative estimate of drug-likeness (QED) is 0.751. The molecule has 2 aromatic rings. The first-order valence-electron chi connectivity index (χ1n) is 5.05. The van der Waals surface area contributed by atoms with Gasteiger partial charge in [-0.15, -0.1) is 11.3 Å². The summed E-state index contributed by atoms with van der Waals surface area (Å²) in [5.41, 5.74) is 2.24. The van der Waals surface area contributed by atoms with E-state index in [1.54, 1.807) is 22.7 Å². The molecule has 5 heteroatoms. The fourth-order valence-electron chi connectivity index (χ4n) is 1.24. The van der Waals surface area contributed by atoms with E-state index in [9.17, 15) is 0 Å². The molecule has 0 unspecified atom stereocenters. The van der Waals surface area contributed by atoms with Crippen LogP contribution in [0.15, 0.2) is 32.3 Å². The van der Waals surface area contributed by atoms with Gasteiger partial charge in [0.1, 0.15) is 0 Å². The zero-order chi connectivity index (χ0) is 11.4. The summed E-state index contributed by atoms with van der Waals surface area (Å²) >= 11 is 3.30. The molecule has 2 rings (SSSR count). The number of hydrogen-bond acceptors (Lipinski definition) is 4. The van der Waals surface area contributed by atoms with Crippen molar-refractivity contribution in [1.29, 1.82) is 0 Å². The van der Waals surface area contributed by atoms with Crippen molar-refractivity contribution in [3.63, 3.8) is 0 Å². The van der Waals surface area contributed by atoms with Gasteiger partial charge < -0.3 is 0 Å². The number of rotatable bonds is 3. The maximum absolute atomic E-state index is 4.44. The fraction of sp³-hybridized carbons (Fsp3) is 0.273. The van der Waals surface area contributed by atoms with Crippen molar-refractivity contribution in [2.75, 3.05) is 6.54 Å². The van der Waals surface area contributed by atoms with Crippen LogP contribution in [-0.2, 0) is 0 Å². The SMILES string of the molecule is CCN=c1scc(C)n1/N=C/c1ccsc1. The Morgan fingerprint density at radius 3 is 3.00 bits per heavy atom. The topological polar surface area (TPSA) is 29.6 Å². The number of aromatic nitrogens is 1. The molecular weight excluding hydrogens is 238 g/mol. The summed E-state index contributed by atoms with van der Waals surface area (Å²) in [5, 5.41) is 10.6. The molecule has 0 aliphatic rings. The number of nitrogens with zero attached hydrogens (tertiary/aromatic N) is 3. The van der Waals surface area contributed by atoms with Gasteiger partial charge in [-0.25, -0.2) is 4.68 Å². The highest BCUT2D eigenvalue weighted by Gasteiger charge is 1.97. The number of aryl methyl sites for hydroxylation is 1. The average Bonchev–Trinajstić information content (AvgIpc) is 2.88. The van der Waals surface area contributed by atoms with Gasteiger partial charge in [0.2, 0.25) is 4.80 Å². The predicted molar refractivity (Wildman–Crippen MR) is 70.5 cm³/mol. The zero-order valence-corrected chi connectivity index (χ0v) is 10.9. The highest BCUT2D eigenvalue weighted by molar-refractivity contribution is 7.08. The standard InChI is InChI=1S/C11H13N3S2/c1-3-12-11-14(9(2)7-16-11)13-6-10-4-5-15-8-10/h4-8H,3H2,1-2H3/b12-11?,13-6+. The Hall–Kier alpha value is -1.20. The van der Waals surface area contributed by atoms with E-state index in [0.29, 0.717) is 0 Å². The molecule has 0 aromatic carbocycles. The van der Waals surface area contributed by atoms with Crippen LogP contribution in [0.1, 0.15) is 18.2 Å². The third kappa shape index (κ3) is 2.48. The Morgan fingerprint density at radius 2 is 2.31 bits per heavy atom. The summed E-state index contributed by atoms with van der Waals surface area (Å²) in [4.78, 5) is 5.35. The van der Waals surface area contributed by atoms with E-state index in [0.717, 1.165) is 22.6 Å². The number of thiazole rings is 1. The first-order chi connectivity index (χ1) is 7.81. The van der Waals surface area contributed by atoms with Gasteiger partial charge in [0, 0.05) is 17.5 Å². The molecule has 2 heterocycles. The molecular formula is C11H13N3S2. The summed E-state index contributed by atoms with van der Waals surface area (Å²) in [7, 11) is 0. The first-order valence-corrected chi connectivity index (χ1v) is 6.87. The van der Waals surface area contributed by atoms with E-state index in [1.165, 1.54) is 0 Å². The lowest BCUT2D eigenvalue weighted by Gasteiger charge is -1.95. The Kier molecular flexibility index (Phi) is 3.69. The second-order valence-corrected chi connectivity index (χ2v) is 4.86. The van der Waals surface area contributed by atoms with Crippen molar-refractivity contribution < 1.29 is 0 Å². The first kappa shape index (κ1) is 11.3. The molecule has 0 aliphatic heterocycles. The minimum absolute atomic E-state index is 0.786. The van der Waals surface area contributed by atoms with Gasteiger partial charge in [0.05, 0.1) is 11.9 Å². The zero-order valence-electron chi connectivity index (χ0n) is 9.25. The minimum atomic E-state index is 0.786. The molecule has 2 aromatic heterocycles. The van der Waals surface area contributed by atoms with Crippen molar-refractivity contribution in [2.24, 2.45) is 10.1 Å². The number of hydrogen-bond donors (Lipinski definition) is 0. The van der Waals surface area contributed by atoms with E-state index in [-0.39, 0.29) is 0 Å². The highest BCUT2D eigenvalue weighted by atomic mass is 32.1. The van der Waals surface area contributed by atoms with E-state index >= 15 is 0 Å². The molecule has 0 amide bonds. The summed E-state index contributed by atoms with van der Waals surface area (Å²) < 4.78 is 1.88. The van der Waals surface area contributed by atoms with Crippen LogP contribution in [0.2, 0.25) is 0 Å². The molecule has 0 bridgehead atoms. The van der Waals surface area contributed by atoms with Gasteiger partial charge in [-0.05, 0) is 30.7 Å². The van der Waals surface area contributed by atoms with Crippen molar-refractivity contribution in [1.82, 2.24) is 4.68 Å². The normalized spacial score (nSPS) is 12.8. The van der Waals surface area contributed by atoms with Gasteiger partial charge in [-0.2, -0.15) is 16.4 Å². The van der Waals surface area contributed by atoms with Crippen LogP contribution in [0.25, 0.3) is 0 Å². The van der Waals surface area contributed by atoms with Gasteiger partial charge in [0.25, 0.3) is 0 Å². The Bertz CT molecular complexity index is 532. The van der Waals surface area contributed by atoms with E-state index in [2.05, 4.69) is 20.9 Å². The molecule has 0 saturated carbocycles. The Morgan fingerprint density at radius 1 is 1.44 bits per heavy atom. The Balaban J connectivity index is 2.34. The maximum atomic E-state index is 4.44. The van der Waals surface area contributed by atoms with Crippen LogP contribution in [0.3, 0.4) is 0 Å². The summed E-state index contributed by atoms with van der Waals surface area (Å²) in [6.45, 7) is 4.85. The van der Waals surface area contributed by atoms with Crippen LogP contribution in [-0.4, -0.2) is 17.4 Å². The molecule has 0 spiro atoms.